The van der Waals surface area contributed by atoms with Gasteiger partial charge in [0.1, 0.15) is 0 Å². The largest absolute Gasteiger partial charge is 0.490 e. The Balaban J connectivity index is 1.62. The first kappa shape index (κ1) is 13.7. The van der Waals surface area contributed by atoms with Crippen molar-refractivity contribution in [3.63, 3.8) is 0 Å². The maximum absolute atomic E-state index is 5.74. The highest BCUT2D eigenvalue weighted by atomic mass is 16.5. The molecule has 4 nitrogen and oxygen atoms in total. The van der Waals surface area contributed by atoms with E-state index in [0.29, 0.717) is 6.10 Å². The zero-order valence-electron chi connectivity index (χ0n) is 12.1. The van der Waals surface area contributed by atoms with Gasteiger partial charge < -0.3 is 19.5 Å². The van der Waals surface area contributed by atoms with Gasteiger partial charge in [-0.1, -0.05) is 6.07 Å². The Labute approximate surface area is 120 Å². The van der Waals surface area contributed by atoms with E-state index >= 15 is 0 Å². The summed E-state index contributed by atoms with van der Waals surface area (Å²) in [7, 11) is 0. The van der Waals surface area contributed by atoms with Gasteiger partial charge in [0.05, 0.1) is 19.3 Å². The average Bonchev–Trinajstić information content (AvgIpc) is 2.88. The molecule has 3 rings (SSSR count). The van der Waals surface area contributed by atoms with Crippen LogP contribution in [0.15, 0.2) is 18.2 Å². The minimum Gasteiger partial charge on any atom is -0.490 e. The first-order valence-electron chi connectivity index (χ1n) is 7.57. The highest BCUT2D eigenvalue weighted by molar-refractivity contribution is 5.44. The van der Waals surface area contributed by atoms with Crippen molar-refractivity contribution < 1.29 is 14.2 Å². The van der Waals surface area contributed by atoms with Gasteiger partial charge in [-0.15, -0.1) is 0 Å². The van der Waals surface area contributed by atoms with Crippen molar-refractivity contribution in [3.8, 4) is 11.5 Å². The molecule has 2 aliphatic rings. The van der Waals surface area contributed by atoms with Crippen molar-refractivity contribution in [2.45, 2.75) is 38.3 Å². The van der Waals surface area contributed by atoms with Gasteiger partial charge in [-0.25, -0.2) is 0 Å². The second-order valence-electron chi connectivity index (χ2n) is 5.52. The molecular formula is C16H23NO3. The highest BCUT2D eigenvalue weighted by Gasteiger charge is 2.17. The Morgan fingerprint density at radius 2 is 2.00 bits per heavy atom. The van der Waals surface area contributed by atoms with Crippen LogP contribution in [0.2, 0.25) is 0 Å². The smallest absolute Gasteiger partial charge is 0.161 e. The van der Waals surface area contributed by atoms with Crippen molar-refractivity contribution in [2.24, 2.45) is 0 Å². The fourth-order valence-corrected chi connectivity index (χ4v) is 2.68. The number of hydrogen-bond acceptors (Lipinski definition) is 4. The summed E-state index contributed by atoms with van der Waals surface area (Å²) in [6, 6.07) is 6.51. The Hall–Kier alpha value is -1.26. The molecule has 4 heteroatoms. The summed E-state index contributed by atoms with van der Waals surface area (Å²) in [5, 5.41) is 3.54. The SMILES string of the molecule is CC(NCC1CCCO1)c1ccc2c(c1)OCCCO2. The van der Waals surface area contributed by atoms with Gasteiger partial charge in [-0.2, -0.15) is 0 Å². The lowest BCUT2D eigenvalue weighted by atomic mass is 10.1. The topological polar surface area (TPSA) is 39.7 Å². The van der Waals surface area contributed by atoms with Gasteiger partial charge in [0, 0.05) is 25.6 Å². The molecule has 2 aliphatic heterocycles. The van der Waals surface area contributed by atoms with E-state index in [0.717, 1.165) is 44.3 Å². The number of nitrogens with one attached hydrogen (secondary N) is 1. The quantitative estimate of drug-likeness (QED) is 0.918. The van der Waals surface area contributed by atoms with E-state index < -0.39 is 0 Å². The lowest BCUT2D eigenvalue weighted by Crippen LogP contribution is -2.28. The highest BCUT2D eigenvalue weighted by Crippen LogP contribution is 2.32. The predicted molar refractivity (Wildman–Crippen MR) is 77.4 cm³/mol. The first-order valence-corrected chi connectivity index (χ1v) is 7.57. The van der Waals surface area contributed by atoms with Crippen LogP contribution >= 0.6 is 0 Å². The van der Waals surface area contributed by atoms with Gasteiger partial charge >= 0.3 is 0 Å². The molecule has 0 saturated carbocycles. The van der Waals surface area contributed by atoms with Crippen LogP contribution in [0.5, 0.6) is 11.5 Å². The van der Waals surface area contributed by atoms with Crippen molar-refractivity contribution in [1.29, 1.82) is 0 Å². The number of hydrogen-bond donors (Lipinski definition) is 1. The molecule has 110 valence electrons. The molecular weight excluding hydrogens is 254 g/mol. The summed E-state index contributed by atoms with van der Waals surface area (Å²) in [5.74, 6) is 1.73. The van der Waals surface area contributed by atoms with E-state index in [4.69, 9.17) is 14.2 Å². The number of rotatable bonds is 4. The van der Waals surface area contributed by atoms with Crippen molar-refractivity contribution in [3.05, 3.63) is 23.8 Å². The summed E-state index contributed by atoms with van der Waals surface area (Å²) in [6.45, 7) is 5.46. The Morgan fingerprint density at radius 1 is 1.15 bits per heavy atom. The molecule has 20 heavy (non-hydrogen) atoms. The van der Waals surface area contributed by atoms with Crippen LogP contribution < -0.4 is 14.8 Å². The summed E-state index contributed by atoms with van der Waals surface area (Å²) >= 11 is 0. The van der Waals surface area contributed by atoms with Crippen molar-refractivity contribution >= 4 is 0 Å². The molecule has 0 aliphatic carbocycles. The lowest BCUT2D eigenvalue weighted by molar-refractivity contribution is 0.108. The Morgan fingerprint density at radius 3 is 2.80 bits per heavy atom. The Bertz CT molecular complexity index is 443. The zero-order chi connectivity index (χ0) is 13.8. The van der Waals surface area contributed by atoms with E-state index in [1.165, 1.54) is 18.4 Å². The van der Waals surface area contributed by atoms with Crippen LogP contribution in [-0.2, 0) is 4.74 Å². The summed E-state index contributed by atoms with van der Waals surface area (Å²) in [5.41, 5.74) is 1.23. The second kappa shape index (κ2) is 6.46. The monoisotopic (exact) mass is 277 g/mol. The average molecular weight is 277 g/mol. The lowest BCUT2D eigenvalue weighted by Gasteiger charge is -2.18. The number of fused-ring (bicyclic) bond motifs is 1. The van der Waals surface area contributed by atoms with Gasteiger partial charge in [0.2, 0.25) is 0 Å². The predicted octanol–water partition coefficient (Wildman–Crippen LogP) is 2.68. The molecule has 0 aromatic heterocycles. The van der Waals surface area contributed by atoms with Crippen molar-refractivity contribution in [1.82, 2.24) is 5.32 Å². The van der Waals surface area contributed by atoms with Crippen molar-refractivity contribution in [2.75, 3.05) is 26.4 Å². The van der Waals surface area contributed by atoms with E-state index in [1.54, 1.807) is 0 Å². The van der Waals surface area contributed by atoms with Crippen LogP contribution in [0, 0.1) is 0 Å². The molecule has 1 N–H and O–H groups in total. The molecule has 2 atom stereocenters. The molecule has 2 unspecified atom stereocenters. The normalized spacial score (nSPS) is 23.4. The first-order chi connectivity index (χ1) is 9.83. The maximum atomic E-state index is 5.74. The van der Waals surface area contributed by atoms with Crippen LogP contribution in [0.3, 0.4) is 0 Å². The third kappa shape index (κ3) is 3.25. The van der Waals surface area contributed by atoms with Gasteiger partial charge in [-0.05, 0) is 37.5 Å². The van der Waals surface area contributed by atoms with Gasteiger partial charge in [0.15, 0.2) is 11.5 Å². The molecule has 1 saturated heterocycles. The summed E-state index contributed by atoms with van der Waals surface area (Å²) in [4.78, 5) is 0. The van der Waals surface area contributed by atoms with Crippen LogP contribution in [0.4, 0.5) is 0 Å². The minimum absolute atomic E-state index is 0.288. The third-order valence-corrected chi connectivity index (χ3v) is 3.95. The van der Waals surface area contributed by atoms with E-state index in [9.17, 15) is 0 Å². The standard InChI is InChI=1S/C16H23NO3/c1-12(17-11-14-4-2-7-18-14)13-5-6-15-16(10-13)20-9-3-8-19-15/h5-6,10,12,14,17H,2-4,7-9,11H2,1H3. The van der Waals surface area contributed by atoms with Gasteiger partial charge in [-0.3, -0.25) is 0 Å². The molecule has 1 fully saturated rings. The molecule has 2 heterocycles. The molecule has 0 bridgehead atoms. The van der Waals surface area contributed by atoms with E-state index in [-0.39, 0.29) is 6.04 Å². The third-order valence-electron chi connectivity index (χ3n) is 3.95. The molecule has 0 spiro atoms. The Kier molecular flexibility index (Phi) is 4.43. The molecule has 1 aromatic carbocycles. The fraction of sp³-hybridized carbons (Fsp3) is 0.625. The van der Waals surface area contributed by atoms with Crippen LogP contribution in [0.25, 0.3) is 0 Å². The summed E-state index contributed by atoms with van der Waals surface area (Å²) in [6.07, 6.45) is 3.67. The zero-order valence-corrected chi connectivity index (χ0v) is 12.1. The molecule has 1 aromatic rings. The van der Waals surface area contributed by atoms with Crippen LogP contribution in [0.1, 0.15) is 37.8 Å². The molecule has 0 amide bonds. The fourth-order valence-electron chi connectivity index (χ4n) is 2.68. The minimum atomic E-state index is 0.288. The van der Waals surface area contributed by atoms with Gasteiger partial charge in [0.25, 0.3) is 0 Å². The molecule has 0 radical (unpaired) electrons. The second-order valence-corrected chi connectivity index (χ2v) is 5.52. The summed E-state index contributed by atoms with van der Waals surface area (Å²) < 4.78 is 17.0. The number of benzene rings is 1. The van der Waals surface area contributed by atoms with E-state index in [2.05, 4.69) is 24.4 Å². The number of ether oxygens (including phenoxy) is 3. The maximum Gasteiger partial charge on any atom is 0.161 e. The van der Waals surface area contributed by atoms with Crippen LogP contribution in [-0.4, -0.2) is 32.5 Å². The van der Waals surface area contributed by atoms with E-state index in [1.807, 2.05) is 6.07 Å².